The second kappa shape index (κ2) is 8.45. The van der Waals surface area contributed by atoms with Gasteiger partial charge >= 0.3 is 0 Å². The number of amides is 1. The van der Waals surface area contributed by atoms with E-state index in [1.165, 1.54) is 16.2 Å². The zero-order valence-corrected chi connectivity index (χ0v) is 17.5. The van der Waals surface area contributed by atoms with Crippen molar-refractivity contribution in [3.05, 3.63) is 80.8 Å². The summed E-state index contributed by atoms with van der Waals surface area (Å²) in [5.41, 5.74) is 2.22. The third kappa shape index (κ3) is 4.24. The molecule has 1 aromatic heterocycles. The zero-order valence-electron chi connectivity index (χ0n) is 15.9. The number of hydrogen-bond donors (Lipinski definition) is 1. The number of fused-ring (bicyclic) bond motifs is 1. The summed E-state index contributed by atoms with van der Waals surface area (Å²) in [5.74, 6) is -0.550. The van der Waals surface area contributed by atoms with Crippen molar-refractivity contribution in [1.82, 2.24) is 9.88 Å². The Bertz CT molecular complexity index is 1060. The van der Waals surface area contributed by atoms with Gasteiger partial charge in [0, 0.05) is 40.5 Å². The van der Waals surface area contributed by atoms with E-state index in [0.29, 0.717) is 26.8 Å². The van der Waals surface area contributed by atoms with Gasteiger partial charge in [0.1, 0.15) is 0 Å². The van der Waals surface area contributed by atoms with Crippen LogP contribution in [0.2, 0.25) is 5.02 Å². The lowest BCUT2D eigenvalue weighted by Crippen LogP contribution is -2.29. The molecule has 4 rings (SSSR count). The molecule has 0 fully saturated rings. The Morgan fingerprint density at radius 1 is 1.14 bits per heavy atom. The van der Waals surface area contributed by atoms with Gasteiger partial charge in [-0.05, 0) is 36.9 Å². The Morgan fingerprint density at radius 2 is 1.86 bits per heavy atom. The summed E-state index contributed by atoms with van der Waals surface area (Å²) >= 11 is 7.42. The minimum Gasteiger partial charge on any atom is -0.298 e. The number of halogens is 1. The van der Waals surface area contributed by atoms with Crippen LogP contribution < -0.4 is 5.32 Å². The second-order valence-corrected chi connectivity index (χ2v) is 8.36. The van der Waals surface area contributed by atoms with Gasteiger partial charge in [0.05, 0.1) is 11.3 Å². The Labute approximate surface area is 178 Å². The number of thiazole rings is 1. The maximum atomic E-state index is 12.9. The maximum Gasteiger partial charge on any atom is 0.258 e. The molecule has 7 heteroatoms. The fourth-order valence-electron chi connectivity index (χ4n) is 3.37. The molecule has 0 bridgehead atoms. The van der Waals surface area contributed by atoms with Gasteiger partial charge in [0.25, 0.3) is 5.91 Å². The minimum absolute atomic E-state index is 0.218. The van der Waals surface area contributed by atoms with Crippen molar-refractivity contribution in [2.24, 2.45) is 0 Å². The van der Waals surface area contributed by atoms with E-state index in [-0.39, 0.29) is 11.7 Å². The summed E-state index contributed by atoms with van der Waals surface area (Å²) in [7, 11) is 0. The molecule has 5 nitrogen and oxygen atoms in total. The summed E-state index contributed by atoms with van der Waals surface area (Å²) in [6.07, 6.45) is 0.890. The minimum atomic E-state index is -0.332. The van der Waals surface area contributed by atoms with E-state index >= 15 is 0 Å². The molecule has 1 aliphatic heterocycles. The average molecular weight is 426 g/mol. The molecule has 0 radical (unpaired) electrons. The van der Waals surface area contributed by atoms with Crippen molar-refractivity contribution in [2.45, 2.75) is 19.9 Å². The fraction of sp³-hybridized carbons (Fsp3) is 0.227. The molecule has 2 heterocycles. The number of nitrogens with one attached hydrogen (secondary N) is 1. The first-order valence-corrected chi connectivity index (χ1v) is 10.7. The number of aromatic nitrogens is 1. The van der Waals surface area contributed by atoms with Gasteiger partial charge in [0.15, 0.2) is 10.9 Å². The van der Waals surface area contributed by atoms with Gasteiger partial charge in [-0.15, -0.1) is 11.3 Å². The van der Waals surface area contributed by atoms with Crippen LogP contribution in [0.3, 0.4) is 0 Å². The molecule has 1 aliphatic rings. The number of hydrogen-bond acceptors (Lipinski definition) is 5. The van der Waals surface area contributed by atoms with Crippen molar-refractivity contribution < 1.29 is 9.59 Å². The summed E-state index contributed by atoms with van der Waals surface area (Å²) in [6, 6.07) is 13.5. The van der Waals surface area contributed by atoms with E-state index in [4.69, 9.17) is 11.6 Å². The quantitative estimate of drug-likeness (QED) is 0.604. The molecule has 1 amide bonds. The summed E-state index contributed by atoms with van der Waals surface area (Å²) in [4.78, 5) is 34.0. The number of nitrogens with zero attached hydrogens (tertiary/aromatic N) is 2. The van der Waals surface area contributed by atoms with Crippen LogP contribution in [0.15, 0.2) is 48.5 Å². The van der Waals surface area contributed by atoms with E-state index in [1.807, 2.05) is 0 Å². The number of likely N-dealkylation sites (N-methyl/N-ethyl adjacent to an activating group) is 1. The van der Waals surface area contributed by atoms with Crippen LogP contribution in [-0.4, -0.2) is 34.7 Å². The predicted octanol–water partition coefficient (Wildman–Crippen LogP) is 4.66. The lowest BCUT2D eigenvalue weighted by atomic mass is 9.98. The number of benzene rings is 2. The van der Waals surface area contributed by atoms with Crippen LogP contribution in [-0.2, 0) is 13.0 Å². The highest BCUT2D eigenvalue weighted by Gasteiger charge is 2.22. The number of rotatable bonds is 5. The van der Waals surface area contributed by atoms with Crippen LogP contribution in [0, 0.1) is 0 Å². The van der Waals surface area contributed by atoms with E-state index in [1.54, 1.807) is 48.5 Å². The molecule has 0 atom stereocenters. The van der Waals surface area contributed by atoms with Gasteiger partial charge in [-0.1, -0.05) is 36.7 Å². The highest BCUT2D eigenvalue weighted by molar-refractivity contribution is 7.15. The lowest BCUT2D eigenvalue weighted by molar-refractivity contribution is 0.0996. The van der Waals surface area contributed by atoms with Crippen LogP contribution in [0.5, 0.6) is 0 Å². The summed E-state index contributed by atoms with van der Waals surface area (Å²) in [5, 5.41) is 4.01. The highest BCUT2D eigenvalue weighted by atomic mass is 35.5. The Morgan fingerprint density at radius 3 is 2.59 bits per heavy atom. The second-order valence-electron chi connectivity index (χ2n) is 6.84. The van der Waals surface area contributed by atoms with Gasteiger partial charge in [-0.2, -0.15) is 0 Å². The van der Waals surface area contributed by atoms with Crippen LogP contribution >= 0.6 is 22.9 Å². The average Bonchev–Trinajstić information content (AvgIpc) is 3.15. The molecular formula is C22H20ClN3O2S. The summed E-state index contributed by atoms with van der Waals surface area (Å²) in [6.45, 7) is 4.99. The molecule has 1 N–H and O–H groups in total. The molecule has 148 valence electrons. The molecule has 0 unspecified atom stereocenters. The molecule has 0 saturated heterocycles. The predicted molar refractivity (Wildman–Crippen MR) is 116 cm³/mol. The zero-order chi connectivity index (χ0) is 20.4. The SMILES string of the molecule is CCN1CCc2nc(NC(=O)c3ccccc3C(=O)c3ccc(Cl)cc3)sc2C1. The number of carbonyl (C=O) groups excluding carboxylic acids is 2. The molecule has 29 heavy (non-hydrogen) atoms. The normalized spacial score (nSPS) is 13.7. The Balaban J connectivity index is 1.56. The van der Waals surface area contributed by atoms with Crippen molar-refractivity contribution in [1.29, 1.82) is 0 Å². The summed E-state index contributed by atoms with van der Waals surface area (Å²) < 4.78 is 0. The first-order valence-electron chi connectivity index (χ1n) is 9.46. The third-order valence-electron chi connectivity index (χ3n) is 5.00. The molecule has 2 aromatic carbocycles. The largest absolute Gasteiger partial charge is 0.298 e. The van der Waals surface area contributed by atoms with Crippen LogP contribution in [0.4, 0.5) is 5.13 Å². The smallest absolute Gasteiger partial charge is 0.258 e. The van der Waals surface area contributed by atoms with Crippen molar-refractivity contribution >= 4 is 39.8 Å². The molecule has 3 aromatic rings. The maximum absolute atomic E-state index is 12.9. The van der Waals surface area contributed by atoms with Gasteiger partial charge < -0.3 is 0 Å². The molecule has 0 saturated carbocycles. The first-order chi connectivity index (χ1) is 14.0. The van der Waals surface area contributed by atoms with Crippen LogP contribution in [0.25, 0.3) is 0 Å². The van der Waals surface area contributed by atoms with Crippen LogP contribution in [0.1, 0.15) is 43.8 Å². The Hall–Kier alpha value is -2.54. The monoisotopic (exact) mass is 425 g/mol. The van der Waals surface area contributed by atoms with E-state index < -0.39 is 0 Å². The van der Waals surface area contributed by atoms with E-state index in [2.05, 4.69) is 22.1 Å². The lowest BCUT2D eigenvalue weighted by Gasteiger charge is -2.23. The molecular weight excluding hydrogens is 406 g/mol. The van der Waals surface area contributed by atoms with E-state index in [0.717, 1.165) is 31.7 Å². The van der Waals surface area contributed by atoms with Gasteiger partial charge in [-0.25, -0.2) is 4.98 Å². The van der Waals surface area contributed by atoms with Crippen molar-refractivity contribution in [3.8, 4) is 0 Å². The Kier molecular flexibility index (Phi) is 5.76. The third-order valence-corrected chi connectivity index (χ3v) is 6.25. The van der Waals surface area contributed by atoms with Crippen molar-refractivity contribution in [2.75, 3.05) is 18.4 Å². The molecule has 0 aliphatic carbocycles. The van der Waals surface area contributed by atoms with Gasteiger partial charge in [-0.3, -0.25) is 19.8 Å². The topological polar surface area (TPSA) is 62.3 Å². The first kappa shape index (κ1) is 19.8. The fourth-order valence-corrected chi connectivity index (χ4v) is 4.54. The number of ketones is 1. The highest BCUT2D eigenvalue weighted by Crippen LogP contribution is 2.29. The number of anilines is 1. The molecule has 0 spiro atoms. The van der Waals surface area contributed by atoms with Gasteiger partial charge in [0.2, 0.25) is 0 Å². The standard InChI is InChI=1S/C22H20ClN3O2S/c1-2-26-12-11-18-19(13-26)29-22(24-18)25-21(28)17-6-4-3-5-16(17)20(27)14-7-9-15(23)10-8-14/h3-10H,2,11-13H2,1H3,(H,24,25,28). The number of carbonyl (C=O) groups is 2. The van der Waals surface area contributed by atoms with E-state index in [9.17, 15) is 9.59 Å². The van der Waals surface area contributed by atoms with Crippen molar-refractivity contribution in [3.63, 3.8) is 0 Å².